The van der Waals surface area contributed by atoms with E-state index < -0.39 is 5.56 Å². The Kier molecular flexibility index (Phi) is 4.73. The van der Waals surface area contributed by atoms with Crippen LogP contribution in [0.2, 0.25) is 0 Å². The topological polar surface area (TPSA) is 79.0 Å². The van der Waals surface area contributed by atoms with E-state index in [-0.39, 0.29) is 18.0 Å². The summed E-state index contributed by atoms with van der Waals surface area (Å²) in [6.45, 7) is 3.18. The molecular formula is C23H20N4O2. The first-order valence-corrected chi connectivity index (χ1v) is 9.48. The quantitative estimate of drug-likeness (QED) is 0.680. The zero-order chi connectivity index (χ0) is 20.5. The molecule has 29 heavy (non-hydrogen) atoms. The molecule has 0 atom stereocenters. The van der Waals surface area contributed by atoms with Crippen LogP contribution in [0, 0.1) is 25.2 Å². The molecule has 2 aromatic carbocycles. The van der Waals surface area contributed by atoms with Gasteiger partial charge in [-0.15, -0.1) is 0 Å². The van der Waals surface area contributed by atoms with Crippen molar-refractivity contribution in [2.24, 2.45) is 0 Å². The van der Waals surface area contributed by atoms with Gasteiger partial charge < -0.3 is 0 Å². The molecule has 1 aromatic heterocycles. The lowest BCUT2D eigenvalue weighted by molar-refractivity contribution is -0.118. The summed E-state index contributed by atoms with van der Waals surface area (Å²) in [5.41, 5.74) is 4.39. The van der Waals surface area contributed by atoms with E-state index in [9.17, 15) is 14.9 Å². The Bertz CT molecular complexity index is 1170. The molecule has 0 radical (unpaired) electrons. The summed E-state index contributed by atoms with van der Waals surface area (Å²) in [5, 5.41) is 13.6. The van der Waals surface area contributed by atoms with E-state index in [0.29, 0.717) is 11.3 Å². The fourth-order valence-corrected chi connectivity index (χ4v) is 3.76. The summed E-state index contributed by atoms with van der Waals surface area (Å²) >= 11 is 0. The highest BCUT2D eigenvalue weighted by atomic mass is 16.2. The lowest BCUT2D eigenvalue weighted by Gasteiger charge is -2.25. The van der Waals surface area contributed by atoms with Crippen LogP contribution in [0.1, 0.15) is 27.9 Å². The fraction of sp³-hybridized carbons (Fsp3) is 0.217. The first-order chi connectivity index (χ1) is 14.0. The number of hydrogen-bond acceptors (Lipinski definition) is 4. The van der Waals surface area contributed by atoms with Gasteiger partial charge in [0.15, 0.2) is 0 Å². The maximum atomic E-state index is 13.4. The molecule has 0 saturated carbocycles. The van der Waals surface area contributed by atoms with Gasteiger partial charge in [0.2, 0.25) is 0 Å². The maximum Gasteiger partial charge on any atom is 0.285 e. The van der Waals surface area contributed by atoms with Gasteiger partial charge in [-0.2, -0.15) is 10.4 Å². The monoisotopic (exact) mass is 384 g/mol. The molecule has 1 amide bonds. The van der Waals surface area contributed by atoms with Gasteiger partial charge in [0, 0.05) is 0 Å². The maximum absolute atomic E-state index is 13.4. The van der Waals surface area contributed by atoms with Crippen LogP contribution in [0.4, 0.5) is 11.4 Å². The third-order valence-electron chi connectivity index (χ3n) is 5.41. The van der Waals surface area contributed by atoms with Crippen LogP contribution >= 0.6 is 0 Å². The molecule has 0 spiro atoms. The summed E-state index contributed by atoms with van der Waals surface area (Å²) in [6.07, 6.45) is 1.66. The number of nitrogens with zero attached hydrogens (tertiary/aromatic N) is 4. The Morgan fingerprint density at radius 3 is 2.14 bits per heavy atom. The van der Waals surface area contributed by atoms with E-state index in [1.54, 1.807) is 18.7 Å². The molecular weight excluding hydrogens is 364 g/mol. The van der Waals surface area contributed by atoms with E-state index in [1.807, 2.05) is 54.6 Å². The first kappa shape index (κ1) is 18.6. The Hall–Kier alpha value is -3.72. The van der Waals surface area contributed by atoms with E-state index in [1.165, 1.54) is 0 Å². The lowest BCUT2D eigenvalue weighted by Crippen LogP contribution is -2.36. The predicted octanol–water partition coefficient (Wildman–Crippen LogP) is 3.20. The molecule has 0 saturated heterocycles. The zero-order valence-corrected chi connectivity index (χ0v) is 16.3. The first-order valence-electron chi connectivity index (χ1n) is 9.48. The van der Waals surface area contributed by atoms with E-state index >= 15 is 0 Å². The van der Waals surface area contributed by atoms with Gasteiger partial charge in [-0.3, -0.25) is 14.5 Å². The minimum Gasteiger partial charge on any atom is -0.279 e. The minimum absolute atomic E-state index is 0.0296. The third-order valence-corrected chi connectivity index (χ3v) is 5.41. The highest BCUT2D eigenvalue weighted by molar-refractivity contribution is 6.02. The SMILES string of the molecule is Cc1nn(CC(=O)N2c3ccccc3CCc3ccccc32)c(=O)c(C#N)c1C. The number of anilines is 2. The minimum atomic E-state index is -0.541. The third kappa shape index (κ3) is 3.21. The van der Waals surface area contributed by atoms with Crippen LogP contribution in [0.15, 0.2) is 53.3 Å². The summed E-state index contributed by atoms with van der Waals surface area (Å²) in [5.74, 6) is -0.270. The second-order valence-corrected chi connectivity index (χ2v) is 7.15. The molecule has 6 nitrogen and oxygen atoms in total. The number of aryl methyl sites for hydroxylation is 3. The number of fused-ring (bicyclic) bond motifs is 2. The molecule has 0 N–H and O–H groups in total. The second kappa shape index (κ2) is 7.36. The van der Waals surface area contributed by atoms with Crippen molar-refractivity contribution in [1.82, 2.24) is 9.78 Å². The van der Waals surface area contributed by atoms with Crippen molar-refractivity contribution in [3.63, 3.8) is 0 Å². The molecule has 0 bridgehead atoms. The van der Waals surface area contributed by atoms with Crippen molar-refractivity contribution in [1.29, 1.82) is 5.26 Å². The van der Waals surface area contributed by atoms with Crippen molar-refractivity contribution < 1.29 is 4.79 Å². The highest BCUT2D eigenvalue weighted by Crippen LogP contribution is 2.36. The summed E-state index contributed by atoms with van der Waals surface area (Å²) in [7, 11) is 0. The molecule has 1 aliphatic rings. The molecule has 0 unspecified atom stereocenters. The van der Waals surface area contributed by atoms with Gasteiger partial charge in [0.25, 0.3) is 11.5 Å². The molecule has 4 rings (SSSR count). The number of rotatable bonds is 2. The standard InChI is InChI=1S/C23H20N4O2/c1-15-16(2)25-26(23(29)19(15)13-24)14-22(28)27-20-9-5-3-7-17(20)11-12-18-8-4-6-10-21(18)27/h3-10H,11-12,14H2,1-2H3. The van der Waals surface area contributed by atoms with Crippen LogP contribution in [-0.4, -0.2) is 15.7 Å². The molecule has 0 fully saturated rings. The number of carbonyl (C=O) groups excluding carboxylic acids is 1. The van der Waals surface area contributed by atoms with Crippen molar-refractivity contribution in [3.8, 4) is 6.07 Å². The normalized spacial score (nSPS) is 12.5. The highest BCUT2D eigenvalue weighted by Gasteiger charge is 2.26. The number of para-hydroxylation sites is 2. The second-order valence-electron chi connectivity index (χ2n) is 7.15. The van der Waals surface area contributed by atoms with Gasteiger partial charge in [-0.05, 0) is 55.5 Å². The van der Waals surface area contributed by atoms with Gasteiger partial charge >= 0.3 is 0 Å². The number of carbonyl (C=O) groups is 1. The smallest absolute Gasteiger partial charge is 0.279 e. The van der Waals surface area contributed by atoms with Gasteiger partial charge in [-0.25, -0.2) is 4.68 Å². The van der Waals surface area contributed by atoms with Crippen LogP contribution in [-0.2, 0) is 24.2 Å². The van der Waals surface area contributed by atoms with Crippen molar-refractivity contribution in [2.45, 2.75) is 33.2 Å². The Morgan fingerprint density at radius 2 is 1.59 bits per heavy atom. The van der Waals surface area contributed by atoms with E-state index in [0.717, 1.165) is 40.0 Å². The number of aromatic nitrogens is 2. The van der Waals surface area contributed by atoms with Gasteiger partial charge in [0.05, 0.1) is 17.1 Å². The number of amides is 1. The van der Waals surface area contributed by atoms with E-state index in [2.05, 4.69) is 5.10 Å². The van der Waals surface area contributed by atoms with Crippen LogP contribution in [0.25, 0.3) is 0 Å². The van der Waals surface area contributed by atoms with Crippen LogP contribution in [0.5, 0.6) is 0 Å². The summed E-state index contributed by atoms with van der Waals surface area (Å²) in [4.78, 5) is 27.8. The lowest BCUT2D eigenvalue weighted by atomic mass is 10.0. The molecule has 6 heteroatoms. The van der Waals surface area contributed by atoms with Crippen LogP contribution < -0.4 is 10.5 Å². The Morgan fingerprint density at radius 1 is 1.03 bits per heavy atom. The Balaban J connectivity index is 1.82. The summed E-state index contributed by atoms with van der Waals surface area (Å²) in [6, 6.07) is 17.6. The number of benzene rings is 2. The average Bonchev–Trinajstić information content (AvgIpc) is 2.89. The van der Waals surface area contributed by atoms with Gasteiger partial charge in [0.1, 0.15) is 18.2 Å². The molecule has 2 heterocycles. The number of hydrogen-bond donors (Lipinski definition) is 0. The molecule has 0 aliphatic carbocycles. The largest absolute Gasteiger partial charge is 0.285 e. The van der Waals surface area contributed by atoms with Gasteiger partial charge in [-0.1, -0.05) is 36.4 Å². The molecule has 144 valence electrons. The van der Waals surface area contributed by atoms with Crippen molar-refractivity contribution in [2.75, 3.05) is 4.90 Å². The van der Waals surface area contributed by atoms with E-state index in [4.69, 9.17) is 0 Å². The zero-order valence-electron chi connectivity index (χ0n) is 16.3. The van der Waals surface area contributed by atoms with Crippen molar-refractivity contribution in [3.05, 3.63) is 86.8 Å². The summed E-state index contributed by atoms with van der Waals surface area (Å²) < 4.78 is 1.10. The fourth-order valence-electron chi connectivity index (χ4n) is 3.76. The number of nitriles is 1. The molecule has 1 aliphatic heterocycles. The Labute approximate surface area is 168 Å². The van der Waals surface area contributed by atoms with Crippen LogP contribution in [0.3, 0.4) is 0 Å². The average molecular weight is 384 g/mol. The predicted molar refractivity (Wildman–Crippen MR) is 110 cm³/mol. The molecule has 3 aromatic rings. The van der Waals surface area contributed by atoms with Crippen molar-refractivity contribution >= 4 is 17.3 Å².